The first-order chi connectivity index (χ1) is 8.61. The van der Waals surface area contributed by atoms with E-state index in [-0.39, 0.29) is 0 Å². The molecule has 2 rings (SSSR count). The minimum atomic E-state index is 0.615. The summed E-state index contributed by atoms with van der Waals surface area (Å²) < 4.78 is 1.06. The number of aromatic nitrogens is 2. The molecule has 1 saturated carbocycles. The van der Waals surface area contributed by atoms with E-state index in [0.29, 0.717) is 11.2 Å². The second-order valence-corrected chi connectivity index (χ2v) is 7.21. The molecule has 100 valence electrons. The van der Waals surface area contributed by atoms with E-state index in [1.807, 2.05) is 11.8 Å². The van der Waals surface area contributed by atoms with Crippen LogP contribution in [0.3, 0.4) is 0 Å². The summed E-state index contributed by atoms with van der Waals surface area (Å²) >= 11 is 5.53. The molecule has 1 aromatic heterocycles. The fraction of sp³-hybridized carbons (Fsp3) is 0.692. The van der Waals surface area contributed by atoms with Crippen LogP contribution in [0.1, 0.15) is 51.0 Å². The van der Waals surface area contributed by atoms with Crippen LogP contribution >= 0.6 is 27.7 Å². The molecule has 5 heteroatoms. The van der Waals surface area contributed by atoms with Gasteiger partial charge in [-0.15, -0.1) is 0 Å². The lowest BCUT2D eigenvalue weighted by Gasteiger charge is -2.12. The molecule has 0 spiro atoms. The van der Waals surface area contributed by atoms with Crippen molar-refractivity contribution >= 4 is 33.5 Å². The van der Waals surface area contributed by atoms with E-state index in [0.717, 1.165) is 28.4 Å². The Hall–Kier alpha value is -0.290. The maximum Gasteiger partial charge on any atom is 0.144 e. The van der Waals surface area contributed by atoms with Gasteiger partial charge in [-0.1, -0.05) is 13.8 Å². The first-order valence-corrected chi connectivity index (χ1v) is 8.37. The Balaban J connectivity index is 2.23. The summed E-state index contributed by atoms with van der Waals surface area (Å²) in [6.45, 7) is 7.39. The lowest BCUT2D eigenvalue weighted by Crippen LogP contribution is -2.07. The van der Waals surface area contributed by atoms with Crippen LogP contribution in [0.5, 0.6) is 0 Å². The molecule has 0 unspecified atom stereocenters. The van der Waals surface area contributed by atoms with E-state index >= 15 is 0 Å². The van der Waals surface area contributed by atoms with Gasteiger partial charge in [0, 0.05) is 12.5 Å². The Labute approximate surface area is 122 Å². The highest BCUT2D eigenvalue weighted by molar-refractivity contribution is 9.10. The lowest BCUT2D eigenvalue weighted by molar-refractivity contribution is 0.914. The quantitative estimate of drug-likeness (QED) is 0.849. The molecule has 1 aliphatic rings. The number of hydrogen-bond acceptors (Lipinski definition) is 4. The van der Waals surface area contributed by atoms with Crippen LogP contribution in [0.15, 0.2) is 4.47 Å². The number of rotatable bonds is 6. The zero-order chi connectivity index (χ0) is 13.1. The van der Waals surface area contributed by atoms with E-state index in [1.165, 1.54) is 18.5 Å². The predicted octanol–water partition coefficient (Wildman–Crippen LogP) is 4.19. The molecule has 0 aromatic carbocycles. The van der Waals surface area contributed by atoms with Crippen molar-refractivity contribution in [2.45, 2.75) is 50.5 Å². The van der Waals surface area contributed by atoms with E-state index in [1.54, 1.807) is 0 Å². The Morgan fingerprint density at radius 1 is 1.39 bits per heavy atom. The zero-order valence-corrected chi connectivity index (χ0v) is 13.6. The molecule has 18 heavy (non-hydrogen) atoms. The van der Waals surface area contributed by atoms with Gasteiger partial charge < -0.3 is 5.32 Å². The van der Waals surface area contributed by atoms with Gasteiger partial charge in [-0.05, 0) is 40.9 Å². The Morgan fingerprint density at radius 3 is 2.67 bits per heavy atom. The zero-order valence-electron chi connectivity index (χ0n) is 11.2. The first-order valence-electron chi connectivity index (χ1n) is 6.53. The standard InChI is InChI=1S/C13H20BrN3S/c1-4-15-13-11(14)12(9-5-6-9)16-10(17-13)7-18-8(2)3/h8-9H,4-7H2,1-3H3,(H,15,16,17). The average molecular weight is 330 g/mol. The largest absolute Gasteiger partial charge is 0.369 e. The average Bonchev–Trinajstić information content (AvgIpc) is 3.14. The number of anilines is 1. The second-order valence-electron chi connectivity index (χ2n) is 4.85. The molecule has 0 bridgehead atoms. The molecule has 1 aliphatic carbocycles. The van der Waals surface area contributed by atoms with Crippen molar-refractivity contribution in [3.05, 3.63) is 16.0 Å². The van der Waals surface area contributed by atoms with Gasteiger partial charge in [-0.2, -0.15) is 11.8 Å². The fourth-order valence-electron chi connectivity index (χ4n) is 1.73. The van der Waals surface area contributed by atoms with Gasteiger partial charge in [0.1, 0.15) is 11.6 Å². The molecule has 0 atom stereocenters. The summed E-state index contributed by atoms with van der Waals surface area (Å²) in [5.74, 6) is 3.44. The SMILES string of the molecule is CCNc1nc(CSC(C)C)nc(C2CC2)c1Br. The van der Waals surface area contributed by atoms with E-state index in [4.69, 9.17) is 4.98 Å². The first kappa shape index (κ1) is 14.1. The smallest absolute Gasteiger partial charge is 0.144 e. The van der Waals surface area contributed by atoms with E-state index in [2.05, 4.69) is 47.0 Å². The molecule has 1 heterocycles. The molecule has 1 aromatic rings. The normalized spacial score (nSPS) is 15.2. The van der Waals surface area contributed by atoms with Crippen molar-refractivity contribution in [2.24, 2.45) is 0 Å². The summed E-state index contributed by atoms with van der Waals surface area (Å²) in [6.07, 6.45) is 2.52. The number of nitrogens with zero attached hydrogens (tertiary/aromatic N) is 2. The van der Waals surface area contributed by atoms with Crippen molar-refractivity contribution < 1.29 is 0 Å². The van der Waals surface area contributed by atoms with Crippen molar-refractivity contribution in [3.8, 4) is 0 Å². The van der Waals surface area contributed by atoms with Gasteiger partial charge >= 0.3 is 0 Å². The summed E-state index contributed by atoms with van der Waals surface area (Å²) in [7, 11) is 0. The second kappa shape index (κ2) is 6.24. The van der Waals surface area contributed by atoms with E-state index in [9.17, 15) is 0 Å². The van der Waals surface area contributed by atoms with Crippen LogP contribution in [0.25, 0.3) is 0 Å². The maximum atomic E-state index is 4.73. The van der Waals surface area contributed by atoms with Crippen LogP contribution < -0.4 is 5.32 Å². The van der Waals surface area contributed by atoms with Gasteiger partial charge in [0.25, 0.3) is 0 Å². The molecule has 0 radical (unpaired) electrons. The molecule has 1 fully saturated rings. The Kier molecular flexibility index (Phi) is 4.90. The Morgan fingerprint density at radius 2 is 2.11 bits per heavy atom. The summed E-state index contributed by atoms with van der Waals surface area (Å²) in [5.41, 5.74) is 1.19. The minimum absolute atomic E-state index is 0.615. The van der Waals surface area contributed by atoms with Gasteiger partial charge in [0.05, 0.1) is 15.9 Å². The summed E-state index contributed by atoms with van der Waals surface area (Å²) in [6, 6.07) is 0. The molecule has 1 N–H and O–H groups in total. The maximum absolute atomic E-state index is 4.73. The molecule has 0 aliphatic heterocycles. The number of nitrogens with one attached hydrogen (secondary N) is 1. The van der Waals surface area contributed by atoms with Crippen molar-refractivity contribution in [2.75, 3.05) is 11.9 Å². The van der Waals surface area contributed by atoms with Gasteiger partial charge in [-0.25, -0.2) is 9.97 Å². The number of halogens is 1. The third-order valence-electron chi connectivity index (χ3n) is 2.78. The van der Waals surface area contributed by atoms with Gasteiger partial charge in [0.15, 0.2) is 0 Å². The van der Waals surface area contributed by atoms with Crippen molar-refractivity contribution in [1.29, 1.82) is 0 Å². The highest BCUT2D eigenvalue weighted by Gasteiger charge is 2.29. The van der Waals surface area contributed by atoms with Gasteiger partial charge in [-0.3, -0.25) is 0 Å². The third-order valence-corrected chi connectivity index (χ3v) is 4.65. The van der Waals surface area contributed by atoms with Gasteiger partial charge in [0.2, 0.25) is 0 Å². The topological polar surface area (TPSA) is 37.8 Å². The Bertz CT molecular complexity index is 419. The molecular weight excluding hydrogens is 310 g/mol. The van der Waals surface area contributed by atoms with Crippen LogP contribution in [0, 0.1) is 0 Å². The number of thioether (sulfide) groups is 1. The molecular formula is C13H20BrN3S. The number of hydrogen-bond donors (Lipinski definition) is 1. The van der Waals surface area contributed by atoms with Crippen LogP contribution in [-0.2, 0) is 5.75 Å². The van der Waals surface area contributed by atoms with Crippen LogP contribution in [0.2, 0.25) is 0 Å². The minimum Gasteiger partial charge on any atom is -0.369 e. The van der Waals surface area contributed by atoms with E-state index < -0.39 is 0 Å². The molecule has 3 nitrogen and oxygen atoms in total. The molecule has 0 amide bonds. The van der Waals surface area contributed by atoms with Crippen molar-refractivity contribution in [1.82, 2.24) is 9.97 Å². The van der Waals surface area contributed by atoms with Crippen LogP contribution in [0.4, 0.5) is 5.82 Å². The lowest BCUT2D eigenvalue weighted by atomic mass is 10.2. The third kappa shape index (κ3) is 3.60. The highest BCUT2D eigenvalue weighted by Crippen LogP contribution is 2.43. The van der Waals surface area contributed by atoms with Crippen molar-refractivity contribution in [3.63, 3.8) is 0 Å². The highest BCUT2D eigenvalue weighted by atomic mass is 79.9. The fourth-order valence-corrected chi connectivity index (χ4v) is 2.98. The molecule has 0 saturated heterocycles. The predicted molar refractivity (Wildman–Crippen MR) is 82.3 cm³/mol. The monoisotopic (exact) mass is 329 g/mol. The summed E-state index contributed by atoms with van der Waals surface area (Å²) in [5, 5.41) is 3.93. The van der Waals surface area contributed by atoms with Crippen LogP contribution in [-0.4, -0.2) is 21.8 Å². The summed E-state index contributed by atoms with van der Waals surface area (Å²) in [4.78, 5) is 9.35.